The summed E-state index contributed by atoms with van der Waals surface area (Å²) in [6.45, 7) is 2.68. The van der Waals surface area contributed by atoms with Crippen molar-refractivity contribution in [3.05, 3.63) is 24.0 Å². The van der Waals surface area contributed by atoms with Crippen LogP contribution in [0.1, 0.15) is 12.8 Å². The normalized spacial score (nSPS) is 18.3. The van der Waals surface area contributed by atoms with Gasteiger partial charge in [-0.15, -0.1) is 0 Å². The van der Waals surface area contributed by atoms with Crippen LogP contribution in [0.25, 0.3) is 0 Å². The summed E-state index contributed by atoms with van der Waals surface area (Å²) in [5.41, 5.74) is 0. The van der Waals surface area contributed by atoms with Crippen LogP contribution < -0.4 is 14.8 Å². The first-order valence-corrected chi connectivity index (χ1v) is 9.15. The highest BCUT2D eigenvalue weighted by molar-refractivity contribution is 7.89. The Balaban J connectivity index is 1.94. The average Bonchev–Trinajstić information content (AvgIpc) is 3.04. The van der Waals surface area contributed by atoms with Gasteiger partial charge in [0, 0.05) is 19.1 Å². The Morgan fingerprint density at radius 3 is 2.87 bits per heavy atom. The van der Waals surface area contributed by atoms with Crippen LogP contribution in [0.4, 0.5) is 4.39 Å². The quantitative estimate of drug-likeness (QED) is 0.656. The molecule has 1 fully saturated rings. The zero-order valence-electron chi connectivity index (χ0n) is 13.2. The van der Waals surface area contributed by atoms with Crippen LogP contribution in [-0.2, 0) is 14.8 Å². The molecule has 1 aliphatic rings. The minimum Gasteiger partial charge on any atom is -0.490 e. The van der Waals surface area contributed by atoms with Crippen LogP contribution in [0, 0.1) is 11.7 Å². The summed E-state index contributed by atoms with van der Waals surface area (Å²) >= 11 is 0. The molecule has 1 atom stereocenters. The van der Waals surface area contributed by atoms with Crippen LogP contribution >= 0.6 is 0 Å². The van der Waals surface area contributed by atoms with Crippen molar-refractivity contribution in [3.8, 4) is 5.75 Å². The van der Waals surface area contributed by atoms with Gasteiger partial charge in [0.15, 0.2) is 11.6 Å². The molecule has 0 aromatic heterocycles. The topological polar surface area (TPSA) is 76.7 Å². The molecule has 23 heavy (non-hydrogen) atoms. The third-order valence-electron chi connectivity index (χ3n) is 3.61. The summed E-state index contributed by atoms with van der Waals surface area (Å²) in [4.78, 5) is -0.101. The van der Waals surface area contributed by atoms with Gasteiger partial charge in [-0.3, -0.25) is 0 Å². The molecule has 1 unspecified atom stereocenters. The lowest BCUT2D eigenvalue weighted by atomic mass is 10.1. The van der Waals surface area contributed by atoms with E-state index >= 15 is 0 Å². The van der Waals surface area contributed by atoms with Crippen LogP contribution in [0.5, 0.6) is 5.75 Å². The molecule has 1 aromatic carbocycles. The Bertz CT molecular complexity index is 603. The van der Waals surface area contributed by atoms with Gasteiger partial charge < -0.3 is 14.8 Å². The fraction of sp³-hybridized carbons (Fsp3) is 0.600. The number of hydrogen-bond donors (Lipinski definition) is 2. The largest absolute Gasteiger partial charge is 0.490 e. The fourth-order valence-electron chi connectivity index (χ4n) is 2.24. The molecule has 1 aliphatic heterocycles. The first kappa shape index (κ1) is 18.1. The van der Waals surface area contributed by atoms with E-state index in [1.54, 1.807) is 7.05 Å². The second-order valence-corrected chi connectivity index (χ2v) is 7.25. The van der Waals surface area contributed by atoms with Gasteiger partial charge in [-0.2, -0.15) is 0 Å². The lowest BCUT2D eigenvalue weighted by Crippen LogP contribution is -2.27. The van der Waals surface area contributed by atoms with Gasteiger partial charge >= 0.3 is 0 Å². The number of nitrogens with one attached hydrogen (secondary N) is 2. The summed E-state index contributed by atoms with van der Waals surface area (Å²) in [7, 11) is -1.91. The lowest BCUT2D eigenvalue weighted by molar-refractivity contribution is 0.165. The molecule has 6 nitrogen and oxygen atoms in total. The third kappa shape index (κ3) is 5.42. The van der Waals surface area contributed by atoms with Crippen molar-refractivity contribution in [2.75, 3.05) is 40.0 Å². The van der Waals surface area contributed by atoms with Crippen LogP contribution in [0.3, 0.4) is 0 Å². The highest BCUT2D eigenvalue weighted by atomic mass is 32.2. The standard InChI is InChI=1S/C15H23FN2O4S/c1-17-6-2-7-18-23(19,20)13-3-4-15(14(16)9-13)22-11-12-5-8-21-10-12/h3-4,9,12,17-18H,2,5-8,10-11H2,1H3. The smallest absolute Gasteiger partial charge is 0.240 e. The maximum absolute atomic E-state index is 14.0. The molecular formula is C15H23FN2O4S. The number of halogens is 1. The SMILES string of the molecule is CNCCCNS(=O)(=O)c1ccc(OCC2CCOC2)c(F)c1. The van der Waals surface area contributed by atoms with E-state index in [0.717, 1.165) is 12.5 Å². The second kappa shape index (κ2) is 8.58. The number of hydrogen-bond acceptors (Lipinski definition) is 5. The number of benzene rings is 1. The van der Waals surface area contributed by atoms with Crippen LogP contribution in [0.15, 0.2) is 23.1 Å². The lowest BCUT2D eigenvalue weighted by Gasteiger charge is -2.12. The molecule has 0 saturated carbocycles. The number of rotatable bonds is 9. The first-order valence-electron chi connectivity index (χ1n) is 7.67. The summed E-state index contributed by atoms with van der Waals surface area (Å²) in [5, 5.41) is 2.93. The molecule has 0 spiro atoms. The predicted octanol–water partition coefficient (Wildman–Crippen LogP) is 1.13. The van der Waals surface area contributed by atoms with Gasteiger partial charge in [-0.25, -0.2) is 17.5 Å². The van der Waals surface area contributed by atoms with Crippen molar-refractivity contribution in [1.82, 2.24) is 10.0 Å². The van der Waals surface area contributed by atoms with Gasteiger partial charge in [0.05, 0.1) is 18.1 Å². The Hall–Kier alpha value is -1.22. The molecule has 0 bridgehead atoms. The molecule has 1 aromatic rings. The number of sulfonamides is 1. The first-order chi connectivity index (χ1) is 11.0. The summed E-state index contributed by atoms with van der Waals surface area (Å²) < 4.78 is 51.3. The fourth-order valence-corrected chi connectivity index (χ4v) is 3.33. The number of ether oxygens (including phenoxy) is 2. The average molecular weight is 346 g/mol. The van der Waals surface area contributed by atoms with Crippen LogP contribution in [-0.4, -0.2) is 48.4 Å². The molecule has 2 rings (SSSR count). The third-order valence-corrected chi connectivity index (χ3v) is 5.07. The summed E-state index contributed by atoms with van der Waals surface area (Å²) in [6, 6.07) is 3.69. The van der Waals surface area contributed by atoms with Crippen molar-refractivity contribution < 1.29 is 22.3 Å². The van der Waals surface area contributed by atoms with E-state index in [2.05, 4.69) is 10.0 Å². The van der Waals surface area contributed by atoms with Gasteiger partial charge in [0.2, 0.25) is 10.0 Å². The molecule has 0 radical (unpaired) electrons. The van der Waals surface area contributed by atoms with E-state index in [4.69, 9.17) is 9.47 Å². The van der Waals surface area contributed by atoms with Gasteiger partial charge in [-0.1, -0.05) is 0 Å². The van der Waals surface area contributed by atoms with Gasteiger partial charge in [0.25, 0.3) is 0 Å². The molecule has 130 valence electrons. The zero-order valence-corrected chi connectivity index (χ0v) is 14.0. The van der Waals surface area contributed by atoms with E-state index < -0.39 is 15.8 Å². The molecule has 1 saturated heterocycles. The van der Waals surface area contributed by atoms with Crippen molar-refractivity contribution in [3.63, 3.8) is 0 Å². The van der Waals surface area contributed by atoms with E-state index in [1.807, 2.05) is 0 Å². The van der Waals surface area contributed by atoms with E-state index in [1.165, 1.54) is 12.1 Å². The Kier molecular flexibility index (Phi) is 6.76. The van der Waals surface area contributed by atoms with E-state index in [9.17, 15) is 12.8 Å². The Morgan fingerprint density at radius 2 is 2.22 bits per heavy atom. The highest BCUT2D eigenvalue weighted by Gasteiger charge is 2.19. The molecule has 0 aliphatic carbocycles. The summed E-state index contributed by atoms with van der Waals surface area (Å²) in [6.07, 6.45) is 1.55. The molecular weight excluding hydrogens is 323 g/mol. The molecule has 0 amide bonds. The van der Waals surface area contributed by atoms with Crippen molar-refractivity contribution >= 4 is 10.0 Å². The predicted molar refractivity (Wildman–Crippen MR) is 84.6 cm³/mol. The second-order valence-electron chi connectivity index (χ2n) is 5.49. The Labute approximate surface area is 136 Å². The van der Waals surface area contributed by atoms with E-state index in [0.29, 0.717) is 39.3 Å². The maximum Gasteiger partial charge on any atom is 0.240 e. The van der Waals surface area contributed by atoms with E-state index in [-0.39, 0.29) is 16.6 Å². The minimum atomic E-state index is -3.70. The summed E-state index contributed by atoms with van der Waals surface area (Å²) in [5.74, 6) is -0.361. The minimum absolute atomic E-state index is 0.0611. The van der Waals surface area contributed by atoms with Crippen molar-refractivity contribution in [2.24, 2.45) is 5.92 Å². The van der Waals surface area contributed by atoms with Crippen molar-refractivity contribution in [2.45, 2.75) is 17.7 Å². The monoisotopic (exact) mass is 346 g/mol. The Morgan fingerprint density at radius 1 is 1.39 bits per heavy atom. The van der Waals surface area contributed by atoms with Gasteiger partial charge in [-0.05, 0) is 44.6 Å². The van der Waals surface area contributed by atoms with Crippen LogP contribution in [0.2, 0.25) is 0 Å². The maximum atomic E-state index is 14.0. The van der Waals surface area contributed by atoms with Crippen molar-refractivity contribution in [1.29, 1.82) is 0 Å². The molecule has 2 N–H and O–H groups in total. The molecule has 8 heteroatoms. The zero-order chi connectivity index (χ0) is 16.7. The molecule has 1 heterocycles. The highest BCUT2D eigenvalue weighted by Crippen LogP contribution is 2.22. The van der Waals surface area contributed by atoms with Gasteiger partial charge in [0.1, 0.15) is 0 Å².